The zero-order valence-corrected chi connectivity index (χ0v) is 10.4. The van der Waals surface area contributed by atoms with Crippen molar-refractivity contribution >= 4 is 11.8 Å². The van der Waals surface area contributed by atoms with Crippen LogP contribution in [0.2, 0.25) is 0 Å². The molecule has 1 saturated carbocycles. The molecule has 0 heterocycles. The minimum Gasteiger partial charge on any atom is -0.328 e. The summed E-state index contributed by atoms with van der Waals surface area (Å²) in [7, 11) is 0. The number of halogens is 1. The molecule has 0 spiro atoms. The standard InChI is InChI=1S/C13H18FNS/c1-9-8-10(14)2-7-13(9)16-12-5-3-11(15)4-6-12/h2,7-8,11-12H,3-6,15H2,1H3. The van der Waals surface area contributed by atoms with Crippen LogP contribution in [0.5, 0.6) is 0 Å². The molecule has 0 atom stereocenters. The molecule has 0 radical (unpaired) electrons. The van der Waals surface area contributed by atoms with E-state index >= 15 is 0 Å². The summed E-state index contributed by atoms with van der Waals surface area (Å²) in [5, 5.41) is 0.656. The summed E-state index contributed by atoms with van der Waals surface area (Å²) in [6.07, 6.45) is 4.61. The molecule has 1 aliphatic carbocycles. The van der Waals surface area contributed by atoms with Gasteiger partial charge in [-0.3, -0.25) is 0 Å². The van der Waals surface area contributed by atoms with Gasteiger partial charge in [0.05, 0.1) is 0 Å². The van der Waals surface area contributed by atoms with Crippen LogP contribution < -0.4 is 5.73 Å². The maximum Gasteiger partial charge on any atom is 0.123 e. The van der Waals surface area contributed by atoms with E-state index < -0.39 is 0 Å². The molecule has 0 aliphatic heterocycles. The fourth-order valence-electron chi connectivity index (χ4n) is 2.13. The topological polar surface area (TPSA) is 26.0 Å². The largest absolute Gasteiger partial charge is 0.328 e. The van der Waals surface area contributed by atoms with Crippen molar-refractivity contribution in [2.45, 2.75) is 48.8 Å². The molecule has 0 amide bonds. The van der Waals surface area contributed by atoms with E-state index in [2.05, 4.69) is 0 Å². The van der Waals surface area contributed by atoms with Crippen LogP contribution >= 0.6 is 11.8 Å². The summed E-state index contributed by atoms with van der Waals surface area (Å²) in [6.45, 7) is 1.97. The highest BCUT2D eigenvalue weighted by atomic mass is 32.2. The fourth-order valence-corrected chi connectivity index (χ4v) is 3.39. The summed E-state index contributed by atoms with van der Waals surface area (Å²) in [5.74, 6) is -0.146. The maximum absolute atomic E-state index is 13.0. The summed E-state index contributed by atoms with van der Waals surface area (Å²) in [4.78, 5) is 1.21. The molecule has 3 heteroatoms. The van der Waals surface area contributed by atoms with Gasteiger partial charge in [0, 0.05) is 16.2 Å². The number of hydrogen-bond donors (Lipinski definition) is 1. The lowest BCUT2D eigenvalue weighted by Gasteiger charge is -2.25. The highest BCUT2D eigenvalue weighted by Crippen LogP contribution is 2.34. The van der Waals surface area contributed by atoms with Crippen molar-refractivity contribution in [3.63, 3.8) is 0 Å². The second-order valence-corrected chi connectivity index (χ2v) is 5.91. The predicted octanol–water partition coefficient (Wildman–Crippen LogP) is 3.50. The van der Waals surface area contributed by atoms with Gasteiger partial charge in [0.25, 0.3) is 0 Å². The zero-order chi connectivity index (χ0) is 11.5. The second kappa shape index (κ2) is 5.19. The van der Waals surface area contributed by atoms with Gasteiger partial charge in [0.2, 0.25) is 0 Å². The minimum atomic E-state index is -0.146. The second-order valence-electron chi connectivity index (χ2n) is 4.56. The third-order valence-electron chi connectivity index (χ3n) is 3.15. The van der Waals surface area contributed by atoms with Crippen molar-refractivity contribution in [2.75, 3.05) is 0 Å². The first-order chi connectivity index (χ1) is 7.65. The molecule has 16 heavy (non-hydrogen) atoms. The van der Waals surface area contributed by atoms with Gasteiger partial charge in [-0.25, -0.2) is 4.39 Å². The van der Waals surface area contributed by atoms with Crippen LogP contribution in [-0.2, 0) is 0 Å². The Kier molecular flexibility index (Phi) is 3.87. The van der Waals surface area contributed by atoms with Crippen LogP contribution in [0.1, 0.15) is 31.2 Å². The Hall–Kier alpha value is -0.540. The van der Waals surface area contributed by atoms with Crippen LogP contribution in [0.3, 0.4) is 0 Å². The Labute approximate surface area is 101 Å². The van der Waals surface area contributed by atoms with Gasteiger partial charge in [0.1, 0.15) is 5.82 Å². The summed E-state index contributed by atoms with van der Waals surface area (Å²) < 4.78 is 13.0. The lowest BCUT2D eigenvalue weighted by molar-refractivity contribution is 0.451. The first-order valence-electron chi connectivity index (χ1n) is 5.83. The predicted molar refractivity (Wildman–Crippen MR) is 67.2 cm³/mol. The van der Waals surface area contributed by atoms with Gasteiger partial charge in [-0.2, -0.15) is 0 Å². The third-order valence-corrected chi connectivity index (χ3v) is 4.67. The molecule has 1 aliphatic rings. The third kappa shape index (κ3) is 2.98. The van der Waals surface area contributed by atoms with Gasteiger partial charge in [-0.1, -0.05) is 0 Å². The average Bonchev–Trinajstić information content (AvgIpc) is 2.25. The number of aryl methyl sites for hydroxylation is 1. The lowest BCUT2D eigenvalue weighted by Crippen LogP contribution is -2.27. The quantitative estimate of drug-likeness (QED) is 0.855. The monoisotopic (exact) mass is 239 g/mol. The fraction of sp³-hybridized carbons (Fsp3) is 0.538. The molecule has 1 aromatic carbocycles. The molecule has 0 bridgehead atoms. The van der Waals surface area contributed by atoms with Crippen molar-refractivity contribution in [3.8, 4) is 0 Å². The van der Waals surface area contributed by atoms with E-state index in [1.54, 1.807) is 12.1 Å². The van der Waals surface area contributed by atoms with Crippen molar-refractivity contribution in [1.29, 1.82) is 0 Å². The Morgan fingerprint density at radius 3 is 2.56 bits per heavy atom. The highest BCUT2D eigenvalue weighted by molar-refractivity contribution is 8.00. The Morgan fingerprint density at radius 2 is 1.94 bits per heavy atom. The summed E-state index contributed by atoms with van der Waals surface area (Å²) in [5.41, 5.74) is 6.92. The molecule has 0 aromatic heterocycles. The number of hydrogen-bond acceptors (Lipinski definition) is 2. The smallest absolute Gasteiger partial charge is 0.123 e. The van der Waals surface area contributed by atoms with Crippen LogP contribution in [0, 0.1) is 12.7 Å². The van der Waals surface area contributed by atoms with E-state index in [1.165, 1.54) is 17.7 Å². The molecule has 1 fully saturated rings. The van der Waals surface area contributed by atoms with Gasteiger partial charge in [-0.15, -0.1) is 11.8 Å². The molecular weight excluding hydrogens is 221 g/mol. The van der Waals surface area contributed by atoms with Crippen LogP contribution in [0.15, 0.2) is 23.1 Å². The minimum absolute atomic E-state index is 0.146. The van der Waals surface area contributed by atoms with E-state index in [-0.39, 0.29) is 5.82 Å². The maximum atomic E-state index is 13.0. The van der Waals surface area contributed by atoms with Crippen molar-refractivity contribution < 1.29 is 4.39 Å². The van der Waals surface area contributed by atoms with Crippen LogP contribution in [-0.4, -0.2) is 11.3 Å². The SMILES string of the molecule is Cc1cc(F)ccc1SC1CCC(N)CC1. The van der Waals surface area contributed by atoms with Crippen molar-refractivity contribution in [3.05, 3.63) is 29.6 Å². The Morgan fingerprint density at radius 1 is 1.25 bits per heavy atom. The average molecular weight is 239 g/mol. The summed E-state index contributed by atoms with van der Waals surface area (Å²) >= 11 is 1.88. The number of rotatable bonds is 2. The molecule has 0 unspecified atom stereocenters. The number of thioether (sulfide) groups is 1. The van der Waals surface area contributed by atoms with Gasteiger partial charge < -0.3 is 5.73 Å². The van der Waals surface area contributed by atoms with Gasteiger partial charge >= 0.3 is 0 Å². The molecule has 2 rings (SSSR count). The van der Waals surface area contributed by atoms with Crippen LogP contribution in [0.25, 0.3) is 0 Å². The Bertz CT molecular complexity index is 359. The molecular formula is C13H18FNS. The Balaban J connectivity index is 1.98. The molecule has 1 nitrogen and oxygen atoms in total. The zero-order valence-electron chi connectivity index (χ0n) is 9.58. The first-order valence-corrected chi connectivity index (χ1v) is 6.71. The number of benzene rings is 1. The van der Waals surface area contributed by atoms with Crippen molar-refractivity contribution in [1.82, 2.24) is 0 Å². The summed E-state index contributed by atoms with van der Waals surface area (Å²) in [6, 6.07) is 5.44. The van der Waals surface area contributed by atoms with E-state index in [1.807, 2.05) is 24.8 Å². The normalized spacial score (nSPS) is 25.7. The van der Waals surface area contributed by atoms with Crippen molar-refractivity contribution in [2.24, 2.45) is 5.73 Å². The molecule has 0 saturated heterocycles. The highest BCUT2D eigenvalue weighted by Gasteiger charge is 2.19. The van der Waals surface area contributed by atoms with E-state index in [4.69, 9.17) is 5.73 Å². The number of nitrogens with two attached hydrogens (primary N) is 1. The van der Waals surface area contributed by atoms with Crippen LogP contribution in [0.4, 0.5) is 4.39 Å². The molecule has 88 valence electrons. The lowest BCUT2D eigenvalue weighted by atomic mass is 9.96. The molecule has 1 aromatic rings. The van der Waals surface area contributed by atoms with E-state index in [0.29, 0.717) is 11.3 Å². The molecule has 2 N–H and O–H groups in total. The first kappa shape index (κ1) is 11.9. The van der Waals surface area contributed by atoms with E-state index in [9.17, 15) is 4.39 Å². The van der Waals surface area contributed by atoms with Gasteiger partial charge in [0.15, 0.2) is 0 Å². The van der Waals surface area contributed by atoms with E-state index in [0.717, 1.165) is 18.4 Å². The van der Waals surface area contributed by atoms with Gasteiger partial charge in [-0.05, 0) is 56.4 Å².